The average molecular weight is 296 g/mol. The van der Waals surface area contributed by atoms with Gasteiger partial charge in [0.1, 0.15) is 12.4 Å². The topological polar surface area (TPSA) is 21.3 Å². The average Bonchev–Trinajstić information content (AvgIpc) is 2.33. The molecule has 1 rings (SSSR count). The van der Waals surface area contributed by atoms with Crippen molar-refractivity contribution in [1.29, 1.82) is 0 Å². The Morgan fingerprint density at radius 2 is 2.11 bits per heavy atom. The molecule has 0 aliphatic carbocycles. The molecule has 0 saturated carbocycles. The highest BCUT2D eigenvalue weighted by Crippen LogP contribution is 2.23. The van der Waals surface area contributed by atoms with Crippen LogP contribution in [0.15, 0.2) is 18.2 Å². The smallest absolute Gasteiger partial charge is 0.261 e. The maximum atomic E-state index is 13.8. The molecule has 0 amide bonds. The van der Waals surface area contributed by atoms with E-state index >= 15 is 0 Å². The molecular formula is C13H17ClF3NO. The van der Waals surface area contributed by atoms with Crippen molar-refractivity contribution >= 4 is 11.6 Å². The van der Waals surface area contributed by atoms with Crippen LogP contribution in [0.3, 0.4) is 0 Å². The number of hydrogen-bond donors (Lipinski definition) is 1. The van der Waals surface area contributed by atoms with Crippen molar-refractivity contribution in [2.75, 3.05) is 19.8 Å². The minimum Gasteiger partial charge on any atom is -0.375 e. The van der Waals surface area contributed by atoms with E-state index in [0.717, 1.165) is 0 Å². The highest BCUT2D eigenvalue weighted by Gasteiger charge is 2.15. The van der Waals surface area contributed by atoms with Gasteiger partial charge >= 0.3 is 0 Å². The van der Waals surface area contributed by atoms with Crippen molar-refractivity contribution in [2.45, 2.75) is 25.8 Å². The van der Waals surface area contributed by atoms with E-state index in [1.807, 2.05) is 6.92 Å². The van der Waals surface area contributed by atoms with Crippen LogP contribution in [0.25, 0.3) is 0 Å². The van der Waals surface area contributed by atoms with Gasteiger partial charge in [-0.25, -0.2) is 13.2 Å². The molecule has 19 heavy (non-hydrogen) atoms. The second-order valence-corrected chi connectivity index (χ2v) is 4.47. The van der Waals surface area contributed by atoms with Gasteiger partial charge < -0.3 is 10.1 Å². The van der Waals surface area contributed by atoms with E-state index in [1.54, 1.807) is 12.1 Å². The quantitative estimate of drug-likeness (QED) is 0.737. The number of hydrogen-bond acceptors (Lipinski definition) is 2. The first-order chi connectivity index (χ1) is 9.04. The number of halogens is 4. The molecule has 0 aliphatic rings. The number of alkyl halides is 2. The van der Waals surface area contributed by atoms with Crippen LogP contribution in [-0.2, 0) is 4.74 Å². The molecule has 1 aromatic rings. The van der Waals surface area contributed by atoms with E-state index in [1.165, 1.54) is 6.07 Å². The van der Waals surface area contributed by atoms with Crippen LogP contribution in [0.5, 0.6) is 0 Å². The predicted molar refractivity (Wildman–Crippen MR) is 69.3 cm³/mol. The molecule has 0 bridgehead atoms. The van der Waals surface area contributed by atoms with Gasteiger partial charge in [-0.2, -0.15) is 0 Å². The van der Waals surface area contributed by atoms with Gasteiger partial charge in [-0.1, -0.05) is 24.6 Å². The summed E-state index contributed by atoms with van der Waals surface area (Å²) in [4.78, 5) is 0. The Labute approximate surface area is 115 Å². The zero-order valence-corrected chi connectivity index (χ0v) is 11.4. The lowest BCUT2D eigenvalue weighted by Crippen LogP contribution is -2.23. The number of rotatable bonds is 8. The van der Waals surface area contributed by atoms with Gasteiger partial charge in [0.2, 0.25) is 0 Å². The van der Waals surface area contributed by atoms with Crippen molar-refractivity contribution in [3.63, 3.8) is 0 Å². The molecule has 0 radical (unpaired) electrons. The summed E-state index contributed by atoms with van der Waals surface area (Å²) in [6, 6.07) is 4.16. The van der Waals surface area contributed by atoms with Gasteiger partial charge in [0, 0.05) is 23.2 Å². The molecule has 2 nitrogen and oxygen atoms in total. The molecule has 0 fully saturated rings. The van der Waals surface area contributed by atoms with Gasteiger partial charge in [0.25, 0.3) is 6.43 Å². The zero-order valence-electron chi connectivity index (χ0n) is 10.6. The fourth-order valence-electron chi connectivity index (χ4n) is 1.77. The molecule has 0 aliphatic heterocycles. The molecule has 108 valence electrons. The van der Waals surface area contributed by atoms with E-state index in [0.29, 0.717) is 23.6 Å². The lowest BCUT2D eigenvalue weighted by atomic mass is 10.0. The van der Waals surface area contributed by atoms with E-state index in [4.69, 9.17) is 16.3 Å². The van der Waals surface area contributed by atoms with Gasteiger partial charge in [0.15, 0.2) is 0 Å². The molecular weight excluding hydrogens is 279 g/mol. The van der Waals surface area contributed by atoms with E-state index in [-0.39, 0.29) is 12.6 Å². The second kappa shape index (κ2) is 8.40. The van der Waals surface area contributed by atoms with Crippen molar-refractivity contribution in [3.8, 4) is 0 Å². The first kappa shape index (κ1) is 16.3. The lowest BCUT2D eigenvalue weighted by Gasteiger charge is -2.19. The maximum Gasteiger partial charge on any atom is 0.261 e. The van der Waals surface area contributed by atoms with Crippen molar-refractivity contribution < 1.29 is 17.9 Å². The minimum atomic E-state index is -2.48. The van der Waals surface area contributed by atoms with Crippen molar-refractivity contribution in [3.05, 3.63) is 34.6 Å². The summed E-state index contributed by atoms with van der Waals surface area (Å²) in [5.41, 5.74) is 0.465. The predicted octanol–water partition coefficient (Wildman–Crippen LogP) is 3.80. The highest BCUT2D eigenvalue weighted by molar-refractivity contribution is 6.30. The Kier molecular flexibility index (Phi) is 7.20. The first-order valence-corrected chi connectivity index (χ1v) is 6.46. The van der Waals surface area contributed by atoms with Crippen molar-refractivity contribution in [2.24, 2.45) is 0 Å². The Bertz CT molecular complexity index is 390. The molecule has 6 heteroatoms. The van der Waals surface area contributed by atoms with Crippen LogP contribution in [0, 0.1) is 5.82 Å². The fourth-order valence-corrected chi connectivity index (χ4v) is 1.93. The molecule has 0 saturated heterocycles. The largest absolute Gasteiger partial charge is 0.375 e. The lowest BCUT2D eigenvalue weighted by molar-refractivity contribution is 0.0143. The standard InChI is InChI=1S/C13H17ClF3NO/c1-2-18-12(5-6-19-8-13(16)17)10-4-3-9(14)7-11(10)15/h3-4,7,12-13,18H,2,5-6,8H2,1H3. The Hall–Kier alpha value is -0.780. The van der Waals surface area contributed by atoms with Crippen LogP contribution < -0.4 is 5.32 Å². The third-order valence-electron chi connectivity index (χ3n) is 2.58. The summed E-state index contributed by atoms with van der Waals surface area (Å²) in [7, 11) is 0. The van der Waals surface area contributed by atoms with Gasteiger partial charge in [-0.3, -0.25) is 0 Å². The van der Waals surface area contributed by atoms with E-state index in [2.05, 4.69) is 5.32 Å². The van der Waals surface area contributed by atoms with Gasteiger partial charge in [-0.05, 0) is 25.1 Å². The van der Waals surface area contributed by atoms with Crippen LogP contribution in [0.1, 0.15) is 24.9 Å². The van der Waals surface area contributed by atoms with Crippen LogP contribution in [0.4, 0.5) is 13.2 Å². The SMILES string of the molecule is CCNC(CCOCC(F)F)c1ccc(Cl)cc1F. The monoisotopic (exact) mass is 295 g/mol. The number of ether oxygens (including phenoxy) is 1. The minimum absolute atomic E-state index is 0.143. The third-order valence-corrected chi connectivity index (χ3v) is 2.82. The maximum absolute atomic E-state index is 13.8. The van der Waals surface area contributed by atoms with E-state index in [9.17, 15) is 13.2 Å². The molecule has 1 N–H and O–H groups in total. The van der Waals surface area contributed by atoms with E-state index < -0.39 is 18.8 Å². The fraction of sp³-hybridized carbons (Fsp3) is 0.538. The molecule has 1 atom stereocenters. The Balaban J connectivity index is 2.60. The first-order valence-electron chi connectivity index (χ1n) is 6.08. The zero-order chi connectivity index (χ0) is 14.3. The molecule has 1 aromatic carbocycles. The summed E-state index contributed by atoms with van der Waals surface area (Å²) < 4.78 is 42.4. The summed E-state index contributed by atoms with van der Waals surface area (Å²) in [6.45, 7) is 2.08. The molecule has 0 spiro atoms. The molecule has 0 aromatic heterocycles. The highest BCUT2D eigenvalue weighted by atomic mass is 35.5. The number of nitrogens with one attached hydrogen (secondary N) is 1. The summed E-state index contributed by atoms with van der Waals surface area (Å²) >= 11 is 5.69. The third kappa shape index (κ3) is 5.80. The van der Waals surface area contributed by atoms with Crippen LogP contribution in [0.2, 0.25) is 5.02 Å². The van der Waals surface area contributed by atoms with Gasteiger partial charge in [-0.15, -0.1) is 0 Å². The summed E-state index contributed by atoms with van der Waals surface area (Å²) in [5.74, 6) is -0.410. The Morgan fingerprint density at radius 1 is 1.37 bits per heavy atom. The molecule has 0 heterocycles. The summed E-state index contributed by atoms with van der Waals surface area (Å²) in [6.07, 6.45) is -2.07. The molecule has 1 unspecified atom stereocenters. The van der Waals surface area contributed by atoms with Crippen LogP contribution in [-0.4, -0.2) is 26.2 Å². The second-order valence-electron chi connectivity index (χ2n) is 4.03. The van der Waals surface area contributed by atoms with Crippen LogP contribution >= 0.6 is 11.6 Å². The normalized spacial score (nSPS) is 12.9. The number of benzene rings is 1. The van der Waals surface area contributed by atoms with Gasteiger partial charge in [0.05, 0.1) is 0 Å². The summed E-state index contributed by atoms with van der Waals surface area (Å²) in [5, 5.41) is 3.42. The van der Waals surface area contributed by atoms with Crippen molar-refractivity contribution in [1.82, 2.24) is 5.32 Å². The Morgan fingerprint density at radius 3 is 2.68 bits per heavy atom.